The third-order valence-corrected chi connectivity index (χ3v) is 4.29. The molecular formula is C20H24N2O2. The summed E-state index contributed by atoms with van der Waals surface area (Å²) in [5.41, 5.74) is 2.35. The number of aryl methyl sites for hydroxylation is 1. The predicted octanol–water partition coefficient (Wildman–Crippen LogP) is 4.56. The maximum absolute atomic E-state index is 6.12. The molecule has 0 radical (unpaired) electrons. The van der Waals surface area contributed by atoms with Crippen molar-refractivity contribution in [2.75, 3.05) is 13.7 Å². The zero-order valence-electron chi connectivity index (χ0n) is 14.7. The number of imidazole rings is 1. The molecule has 0 N–H and O–H groups in total. The summed E-state index contributed by atoms with van der Waals surface area (Å²) in [5, 5.41) is 2.28. The number of benzene rings is 2. The van der Waals surface area contributed by atoms with Crippen molar-refractivity contribution in [1.82, 2.24) is 9.55 Å². The van der Waals surface area contributed by atoms with Crippen molar-refractivity contribution in [3.63, 3.8) is 0 Å². The van der Waals surface area contributed by atoms with Crippen molar-refractivity contribution in [3.8, 4) is 11.5 Å². The van der Waals surface area contributed by atoms with Crippen molar-refractivity contribution in [2.24, 2.45) is 0 Å². The molecule has 0 spiro atoms. The number of methoxy groups -OCH3 is 1. The number of rotatable bonds is 6. The summed E-state index contributed by atoms with van der Waals surface area (Å²) >= 11 is 0. The molecule has 3 aromatic rings. The van der Waals surface area contributed by atoms with Crippen LogP contribution in [0.3, 0.4) is 0 Å². The van der Waals surface area contributed by atoms with Gasteiger partial charge in [0.05, 0.1) is 20.0 Å². The lowest BCUT2D eigenvalue weighted by molar-refractivity contribution is 0.299. The van der Waals surface area contributed by atoms with Crippen LogP contribution in [0.5, 0.6) is 11.5 Å². The maximum atomic E-state index is 6.12. The molecule has 24 heavy (non-hydrogen) atoms. The summed E-state index contributed by atoms with van der Waals surface area (Å²) in [7, 11) is 1.72. The minimum atomic E-state index is 0.413. The monoisotopic (exact) mass is 324 g/mol. The molecule has 0 aliphatic rings. The van der Waals surface area contributed by atoms with Crippen molar-refractivity contribution in [2.45, 2.75) is 33.2 Å². The number of hydrogen-bond acceptors (Lipinski definition) is 3. The van der Waals surface area contributed by atoms with E-state index < -0.39 is 0 Å². The summed E-state index contributed by atoms with van der Waals surface area (Å²) in [4.78, 5) is 4.06. The van der Waals surface area contributed by atoms with E-state index in [1.54, 1.807) is 19.6 Å². The van der Waals surface area contributed by atoms with E-state index >= 15 is 0 Å². The molecule has 0 aliphatic carbocycles. The second-order valence-electron chi connectivity index (χ2n) is 6.33. The molecule has 0 bridgehead atoms. The molecule has 0 saturated heterocycles. The van der Waals surface area contributed by atoms with Gasteiger partial charge in [0.15, 0.2) is 0 Å². The Kier molecular flexibility index (Phi) is 4.74. The molecule has 4 heteroatoms. The summed E-state index contributed by atoms with van der Waals surface area (Å²) in [5.74, 6) is 2.26. The fraction of sp³-hybridized carbons (Fsp3) is 0.350. The van der Waals surface area contributed by atoms with Crippen LogP contribution >= 0.6 is 0 Å². The summed E-state index contributed by atoms with van der Waals surface area (Å²) < 4.78 is 13.7. The summed E-state index contributed by atoms with van der Waals surface area (Å²) in [6.07, 6.45) is 5.52. The van der Waals surface area contributed by atoms with Crippen LogP contribution in [0.2, 0.25) is 0 Å². The Morgan fingerprint density at radius 3 is 2.71 bits per heavy atom. The summed E-state index contributed by atoms with van der Waals surface area (Å²) in [6.45, 7) is 7.82. The molecule has 0 saturated carbocycles. The van der Waals surface area contributed by atoms with E-state index in [1.807, 2.05) is 10.8 Å². The molecule has 4 nitrogen and oxygen atoms in total. The first kappa shape index (κ1) is 16.4. The van der Waals surface area contributed by atoms with Gasteiger partial charge in [-0.2, -0.15) is 0 Å². The van der Waals surface area contributed by atoms with Gasteiger partial charge in [-0.1, -0.05) is 26.0 Å². The van der Waals surface area contributed by atoms with Crippen molar-refractivity contribution in [3.05, 3.63) is 54.1 Å². The number of ether oxygens (including phenoxy) is 2. The van der Waals surface area contributed by atoms with Crippen LogP contribution in [0.15, 0.2) is 43.0 Å². The average Bonchev–Trinajstić information content (AvgIpc) is 3.09. The molecule has 2 aromatic carbocycles. The van der Waals surface area contributed by atoms with Crippen LogP contribution in [-0.4, -0.2) is 23.3 Å². The minimum Gasteiger partial charge on any atom is -0.496 e. The Bertz CT molecular complexity index is 823. The van der Waals surface area contributed by atoms with E-state index in [2.05, 4.69) is 50.0 Å². The van der Waals surface area contributed by atoms with Crippen molar-refractivity contribution in [1.29, 1.82) is 0 Å². The summed E-state index contributed by atoms with van der Waals surface area (Å²) in [6, 6.07) is 8.58. The van der Waals surface area contributed by atoms with Gasteiger partial charge in [-0.15, -0.1) is 0 Å². The number of aromatic nitrogens is 2. The Balaban J connectivity index is 1.95. The van der Waals surface area contributed by atoms with Gasteiger partial charge >= 0.3 is 0 Å². The van der Waals surface area contributed by atoms with Crippen LogP contribution in [0.1, 0.15) is 30.9 Å². The van der Waals surface area contributed by atoms with Crippen molar-refractivity contribution < 1.29 is 9.47 Å². The van der Waals surface area contributed by atoms with Crippen LogP contribution in [0.25, 0.3) is 10.8 Å². The Labute approximate surface area is 143 Å². The molecule has 3 rings (SSSR count). The Morgan fingerprint density at radius 2 is 2.04 bits per heavy atom. The van der Waals surface area contributed by atoms with Crippen LogP contribution < -0.4 is 9.47 Å². The molecule has 126 valence electrons. The number of fused-ring (bicyclic) bond motifs is 1. The first-order valence-electron chi connectivity index (χ1n) is 8.30. The van der Waals surface area contributed by atoms with E-state index in [-0.39, 0.29) is 0 Å². The molecule has 0 fully saturated rings. The fourth-order valence-electron chi connectivity index (χ4n) is 2.94. The van der Waals surface area contributed by atoms with E-state index in [0.717, 1.165) is 29.0 Å². The largest absolute Gasteiger partial charge is 0.496 e. The minimum absolute atomic E-state index is 0.413. The second-order valence-corrected chi connectivity index (χ2v) is 6.33. The molecule has 0 atom stereocenters. The smallest absolute Gasteiger partial charge is 0.130 e. The van der Waals surface area contributed by atoms with Gasteiger partial charge in [-0.05, 0) is 41.5 Å². The lowest BCUT2D eigenvalue weighted by atomic mass is 9.96. The average molecular weight is 324 g/mol. The Hall–Kier alpha value is -2.49. The lowest BCUT2D eigenvalue weighted by Crippen LogP contribution is -2.07. The quantitative estimate of drug-likeness (QED) is 0.667. The zero-order chi connectivity index (χ0) is 17.1. The molecule has 1 heterocycles. The lowest BCUT2D eigenvalue weighted by Gasteiger charge is -2.17. The van der Waals surface area contributed by atoms with E-state index in [1.165, 1.54) is 10.9 Å². The maximum Gasteiger partial charge on any atom is 0.130 e. The van der Waals surface area contributed by atoms with Gasteiger partial charge in [0.2, 0.25) is 0 Å². The van der Waals surface area contributed by atoms with Crippen LogP contribution in [-0.2, 0) is 6.54 Å². The normalized spacial score (nSPS) is 11.2. The van der Waals surface area contributed by atoms with Crippen molar-refractivity contribution >= 4 is 10.8 Å². The molecular weight excluding hydrogens is 300 g/mol. The topological polar surface area (TPSA) is 36.3 Å². The van der Waals surface area contributed by atoms with Gasteiger partial charge in [0.25, 0.3) is 0 Å². The molecule has 0 unspecified atom stereocenters. The highest BCUT2D eigenvalue weighted by Crippen LogP contribution is 2.37. The highest BCUT2D eigenvalue weighted by atomic mass is 16.5. The highest BCUT2D eigenvalue weighted by molar-refractivity contribution is 5.91. The predicted molar refractivity (Wildman–Crippen MR) is 97.0 cm³/mol. The first-order chi connectivity index (χ1) is 11.6. The molecule has 1 aromatic heterocycles. The van der Waals surface area contributed by atoms with E-state index in [9.17, 15) is 0 Å². The van der Waals surface area contributed by atoms with Gasteiger partial charge in [-0.25, -0.2) is 4.98 Å². The molecule has 0 amide bonds. The number of nitrogens with zero attached hydrogens (tertiary/aromatic N) is 2. The zero-order valence-corrected chi connectivity index (χ0v) is 14.7. The van der Waals surface area contributed by atoms with Crippen LogP contribution in [0, 0.1) is 6.92 Å². The standard InChI is InChI=1S/C20H24N2O2/c1-14(2)17-11-16-6-5-15(3)20(18(16)12-19(17)23-4)24-10-9-22-8-7-21-13-22/h5-8,11-14H,9-10H2,1-4H3. The van der Waals surface area contributed by atoms with Gasteiger partial charge in [0, 0.05) is 17.8 Å². The fourth-order valence-corrected chi connectivity index (χ4v) is 2.94. The number of hydrogen-bond donors (Lipinski definition) is 0. The SMILES string of the molecule is COc1cc2c(OCCn3ccnc3)c(C)ccc2cc1C(C)C. The van der Waals surface area contributed by atoms with Gasteiger partial charge < -0.3 is 14.0 Å². The van der Waals surface area contributed by atoms with E-state index in [4.69, 9.17) is 9.47 Å². The molecule has 0 aliphatic heterocycles. The second kappa shape index (κ2) is 6.95. The highest BCUT2D eigenvalue weighted by Gasteiger charge is 2.13. The van der Waals surface area contributed by atoms with Gasteiger partial charge in [-0.3, -0.25) is 0 Å². The third-order valence-electron chi connectivity index (χ3n) is 4.29. The Morgan fingerprint density at radius 1 is 1.21 bits per heavy atom. The third kappa shape index (κ3) is 3.23. The van der Waals surface area contributed by atoms with Crippen LogP contribution in [0.4, 0.5) is 0 Å². The van der Waals surface area contributed by atoms with Gasteiger partial charge in [0.1, 0.15) is 18.1 Å². The van der Waals surface area contributed by atoms with E-state index in [0.29, 0.717) is 12.5 Å². The first-order valence-corrected chi connectivity index (χ1v) is 8.30.